The minimum absolute atomic E-state index is 0.0230. The molecule has 0 aromatic rings. The Morgan fingerprint density at radius 2 is 1.55 bits per heavy atom. The van der Waals surface area contributed by atoms with Gasteiger partial charge in [-0.15, -0.1) is 0 Å². The maximum absolute atomic E-state index is 11.1. The van der Waals surface area contributed by atoms with Gasteiger partial charge in [0.15, 0.2) is 5.78 Å². The lowest BCUT2D eigenvalue weighted by molar-refractivity contribution is -0.126. The van der Waals surface area contributed by atoms with Crippen molar-refractivity contribution in [3.05, 3.63) is 0 Å². The van der Waals surface area contributed by atoms with Crippen LogP contribution in [0.2, 0.25) is 0 Å². The number of nitrogens with one attached hydrogen (secondary N) is 1. The molecule has 7 nitrogen and oxygen atoms in total. The molecule has 0 unspecified atom stereocenters. The molecule has 0 aromatic carbocycles. The molecular weight excluding hydrogens is 266 g/mol. The van der Waals surface area contributed by atoms with E-state index in [0.29, 0.717) is 26.4 Å². The zero-order valence-corrected chi connectivity index (χ0v) is 12.6. The van der Waals surface area contributed by atoms with Crippen molar-refractivity contribution in [1.82, 2.24) is 5.32 Å². The van der Waals surface area contributed by atoms with E-state index in [4.69, 9.17) is 19.3 Å². The average molecular weight is 293 g/mol. The van der Waals surface area contributed by atoms with E-state index < -0.39 is 0 Å². The molecule has 0 aliphatic carbocycles. The number of Topliss-reactive ketones (excluding diaryl/α,β-unsaturated/α-hetero) is 1. The summed E-state index contributed by atoms with van der Waals surface area (Å²) in [5.41, 5.74) is 0. The Balaban J connectivity index is 0. The molecule has 0 heterocycles. The van der Waals surface area contributed by atoms with E-state index in [2.05, 4.69) is 5.32 Å². The van der Waals surface area contributed by atoms with Crippen molar-refractivity contribution in [3.63, 3.8) is 0 Å². The van der Waals surface area contributed by atoms with E-state index in [1.165, 1.54) is 6.92 Å². The van der Waals surface area contributed by atoms with Crippen LogP contribution in [0.25, 0.3) is 0 Å². The van der Waals surface area contributed by atoms with Gasteiger partial charge in [-0.05, 0) is 6.92 Å². The SMILES string of the molecule is CC.CC(=O)COCCOCCNC(=O)COCCO. The number of aliphatic hydroxyl groups excluding tert-OH is 1. The molecule has 20 heavy (non-hydrogen) atoms. The molecular formula is C13H27NO6. The fourth-order valence-electron chi connectivity index (χ4n) is 0.979. The summed E-state index contributed by atoms with van der Waals surface area (Å²) in [7, 11) is 0. The molecule has 0 bridgehead atoms. The molecule has 0 saturated heterocycles. The Morgan fingerprint density at radius 1 is 0.950 bits per heavy atom. The summed E-state index contributed by atoms with van der Waals surface area (Å²) in [6, 6.07) is 0. The predicted octanol–water partition coefficient (Wildman–Crippen LogP) is -0.240. The van der Waals surface area contributed by atoms with Crippen LogP contribution in [-0.4, -0.2) is 69.6 Å². The zero-order chi connectivity index (χ0) is 15.6. The van der Waals surface area contributed by atoms with Crippen LogP contribution < -0.4 is 5.32 Å². The van der Waals surface area contributed by atoms with Crippen LogP contribution in [0.5, 0.6) is 0 Å². The molecule has 120 valence electrons. The molecule has 0 rings (SSSR count). The van der Waals surface area contributed by atoms with E-state index in [0.717, 1.165) is 0 Å². The largest absolute Gasteiger partial charge is 0.394 e. The van der Waals surface area contributed by atoms with E-state index >= 15 is 0 Å². The van der Waals surface area contributed by atoms with Gasteiger partial charge in [0.25, 0.3) is 0 Å². The van der Waals surface area contributed by atoms with Crippen molar-refractivity contribution in [2.75, 3.05) is 52.8 Å². The number of ketones is 1. The Kier molecular flexibility index (Phi) is 19.1. The van der Waals surface area contributed by atoms with Gasteiger partial charge in [0, 0.05) is 6.54 Å². The first-order chi connectivity index (χ1) is 9.66. The maximum atomic E-state index is 11.1. The molecule has 0 radical (unpaired) electrons. The number of hydrogen-bond acceptors (Lipinski definition) is 6. The summed E-state index contributed by atoms with van der Waals surface area (Å²) in [5.74, 6) is -0.273. The first-order valence-corrected chi connectivity index (χ1v) is 6.77. The maximum Gasteiger partial charge on any atom is 0.246 e. The van der Waals surface area contributed by atoms with Crippen molar-refractivity contribution in [2.45, 2.75) is 20.8 Å². The summed E-state index contributed by atoms with van der Waals surface area (Å²) >= 11 is 0. The predicted molar refractivity (Wildman–Crippen MR) is 74.6 cm³/mol. The average Bonchev–Trinajstić information content (AvgIpc) is 2.44. The molecule has 1 amide bonds. The molecule has 0 aliphatic rings. The van der Waals surface area contributed by atoms with Crippen LogP contribution in [0.15, 0.2) is 0 Å². The van der Waals surface area contributed by atoms with Gasteiger partial charge in [-0.2, -0.15) is 0 Å². The Labute approximate surface area is 120 Å². The Morgan fingerprint density at radius 3 is 2.15 bits per heavy atom. The van der Waals surface area contributed by atoms with Crippen LogP contribution in [0, 0.1) is 0 Å². The summed E-state index contributed by atoms with van der Waals surface area (Å²) < 4.78 is 15.0. The number of aliphatic hydroxyl groups is 1. The smallest absolute Gasteiger partial charge is 0.246 e. The van der Waals surface area contributed by atoms with Crippen LogP contribution in [0.4, 0.5) is 0 Å². The van der Waals surface area contributed by atoms with E-state index in [1.54, 1.807) is 0 Å². The van der Waals surface area contributed by atoms with Gasteiger partial charge < -0.3 is 24.6 Å². The van der Waals surface area contributed by atoms with Crippen molar-refractivity contribution in [3.8, 4) is 0 Å². The number of hydrogen-bond donors (Lipinski definition) is 2. The Hall–Kier alpha value is -1.02. The fraction of sp³-hybridized carbons (Fsp3) is 0.846. The highest BCUT2D eigenvalue weighted by atomic mass is 16.5. The lowest BCUT2D eigenvalue weighted by Gasteiger charge is -2.06. The molecule has 0 atom stereocenters. The highest BCUT2D eigenvalue weighted by Gasteiger charge is 1.99. The Bertz CT molecular complexity index is 235. The number of ether oxygens (including phenoxy) is 3. The first-order valence-electron chi connectivity index (χ1n) is 6.77. The molecule has 0 aromatic heterocycles. The van der Waals surface area contributed by atoms with Crippen LogP contribution in [0.3, 0.4) is 0 Å². The van der Waals surface area contributed by atoms with Gasteiger partial charge in [0.1, 0.15) is 13.2 Å². The van der Waals surface area contributed by atoms with Crippen LogP contribution in [-0.2, 0) is 23.8 Å². The van der Waals surface area contributed by atoms with Crippen molar-refractivity contribution in [1.29, 1.82) is 0 Å². The monoisotopic (exact) mass is 293 g/mol. The van der Waals surface area contributed by atoms with Crippen molar-refractivity contribution < 1.29 is 28.9 Å². The third-order valence-corrected chi connectivity index (χ3v) is 1.71. The zero-order valence-electron chi connectivity index (χ0n) is 12.6. The standard InChI is InChI=1S/C11H21NO6.C2H6/c1-10(14)8-18-7-6-16-4-2-12-11(15)9-17-5-3-13;1-2/h13H,2-9H2,1H3,(H,12,15);1-2H3. The van der Waals surface area contributed by atoms with Gasteiger partial charge in [0.2, 0.25) is 5.91 Å². The minimum Gasteiger partial charge on any atom is -0.394 e. The van der Waals surface area contributed by atoms with Gasteiger partial charge in [-0.3, -0.25) is 9.59 Å². The third kappa shape index (κ3) is 19.3. The topological polar surface area (TPSA) is 94.1 Å². The van der Waals surface area contributed by atoms with Gasteiger partial charge in [-0.25, -0.2) is 0 Å². The molecule has 7 heteroatoms. The first kappa shape index (κ1) is 21.3. The summed E-state index contributed by atoms with van der Waals surface area (Å²) in [6.45, 7) is 7.02. The molecule has 0 fully saturated rings. The second-order valence-corrected chi connectivity index (χ2v) is 3.49. The number of rotatable bonds is 12. The van der Waals surface area contributed by atoms with Crippen LogP contribution in [0.1, 0.15) is 20.8 Å². The summed E-state index contributed by atoms with van der Waals surface area (Å²) in [5, 5.41) is 11.0. The minimum atomic E-state index is -0.250. The normalized spacial score (nSPS) is 9.60. The highest BCUT2D eigenvalue weighted by Crippen LogP contribution is 1.80. The lowest BCUT2D eigenvalue weighted by Crippen LogP contribution is -2.31. The van der Waals surface area contributed by atoms with E-state index in [1.807, 2.05) is 13.8 Å². The van der Waals surface area contributed by atoms with Crippen molar-refractivity contribution >= 4 is 11.7 Å². The number of amides is 1. The fourth-order valence-corrected chi connectivity index (χ4v) is 0.979. The number of carbonyl (C=O) groups excluding carboxylic acids is 2. The second kappa shape index (κ2) is 18.0. The highest BCUT2D eigenvalue weighted by molar-refractivity contribution is 5.77. The molecule has 2 N–H and O–H groups in total. The summed E-state index contributed by atoms with van der Waals surface area (Å²) in [4.78, 5) is 21.6. The molecule has 0 saturated carbocycles. The van der Waals surface area contributed by atoms with E-state index in [9.17, 15) is 9.59 Å². The lowest BCUT2D eigenvalue weighted by atomic mass is 10.5. The van der Waals surface area contributed by atoms with Crippen LogP contribution >= 0.6 is 0 Å². The van der Waals surface area contributed by atoms with Gasteiger partial charge >= 0.3 is 0 Å². The number of carbonyl (C=O) groups is 2. The molecule has 0 aliphatic heterocycles. The quantitative estimate of drug-likeness (QED) is 0.482. The van der Waals surface area contributed by atoms with Gasteiger partial charge in [0.05, 0.1) is 33.0 Å². The van der Waals surface area contributed by atoms with E-state index in [-0.39, 0.29) is 38.1 Å². The third-order valence-electron chi connectivity index (χ3n) is 1.71. The second-order valence-electron chi connectivity index (χ2n) is 3.49. The molecule has 0 spiro atoms. The van der Waals surface area contributed by atoms with Crippen molar-refractivity contribution in [2.24, 2.45) is 0 Å². The van der Waals surface area contributed by atoms with Gasteiger partial charge in [-0.1, -0.05) is 13.8 Å². The summed E-state index contributed by atoms with van der Waals surface area (Å²) in [6.07, 6.45) is 0.